The summed E-state index contributed by atoms with van der Waals surface area (Å²) in [5, 5.41) is 3.43. The molecule has 0 saturated carbocycles. The molecule has 2 aliphatic heterocycles. The van der Waals surface area contributed by atoms with E-state index in [1.807, 2.05) is 12.1 Å². The summed E-state index contributed by atoms with van der Waals surface area (Å²) < 4.78 is 17.6. The number of nitrogens with one attached hydrogen (secondary N) is 1. The number of rotatable bonds is 7. The lowest BCUT2D eigenvalue weighted by molar-refractivity contribution is -0.0817. The molecule has 29 heavy (non-hydrogen) atoms. The highest BCUT2D eigenvalue weighted by molar-refractivity contribution is 14.0. The van der Waals surface area contributed by atoms with Crippen molar-refractivity contribution in [1.29, 1.82) is 0 Å². The van der Waals surface area contributed by atoms with Gasteiger partial charge < -0.3 is 24.4 Å². The van der Waals surface area contributed by atoms with E-state index < -0.39 is 0 Å². The summed E-state index contributed by atoms with van der Waals surface area (Å²) in [6.07, 6.45) is 2.59. The fraction of sp³-hybridized carbons (Fsp3) is 0.682. The Bertz CT molecular complexity index is 618. The Morgan fingerprint density at radius 2 is 1.97 bits per heavy atom. The van der Waals surface area contributed by atoms with Gasteiger partial charge in [-0.1, -0.05) is 26.0 Å². The number of benzene rings is 1. The maximum atomic E-state index is 5.97. The summed E-state index contributed by atoms with van der Waals surface area (Å²) >= 11 is 0. The van der Waals surface area contributed by atoms with Crippen LogP contribution in [0, 0.1) is 5.92 Å². The van der Waals surface area contributed by atoms with E-state index in [2.05, 4.69) is 43.1 Å². The second-order valence-corrected chi connectivity index (χ2v) is 7.93. The van der Waals surface area contributed by atoms with Gasteiger partial charge in [-0.3, -0.25) is 0 Å². The molecule has 1 aromatic rings. The Morgan fingerprint density at radius 3 is 2.62 bits per heavy atom. The molecule has 2 saturated heterocycles. The van der Waals surface area contributed by atoms with Crippen LogP contribution in [0.15, 0.2) is 29.3 Å². The molecule has 0 spiro atoms. The number of morpholine rings is 1. The molecule has 7 heteroatoms. The smallest absolute Gasteiger partial charge is 0.194 e. The zero-order valence-corrected chi connectivity index (χ0v) is 20.3. The fourth-order valence-corrected chi connectivity index (χ4v) is 3.53. The minimum absolute atomic E-state index is 0. The monoisotopic (exact) mass is 517 g/mol. The predicted octanol–water partition coefficient (Wildman–Crippen LogP) is 3.68. The van der Waals surface area contributed by atoms with Crippen LogP contribution in [0.2, 0.25) is 0 Å². The summed E-state index contributed by atoms with van der Waals surface area (Å²) in [6.45, 7) is 11.9. The zero-order valence-electron chi connectivity index (χ0n) is 17.9. The molecule has 0 amide bonds. The largest absolute Gasteiger partial charge is 0.493 e. The number of halogens is 1. The van der Waals surface area contributed by atoms with E-state index in [1.54, 1.807) is 0 Å². The summed E-state index contributed by atoms with van der Waals surface area (Å²) in [4.78, 5) is 7.17. The average molecular weight is 517 g/mol. The molecule has 0 bridgehead atoms. The first-order valence-corrected chi connectivity index (χ1v) is 10.6. The summed E-state index contributed by atoms with van der Waals surface area (Å²) in [6, 6.07) is 8.25. The van der Waals surface area contributed by atoms with Crippen molar-refractivity contribution in [1.82, 2.24) is 10.2 Å². The van der Waals surface area contributed by atoms with Gasteiger partial charge in [0.2, 0.25) is 0 Å². The van der Waals surface area contributed by atoms with Gasteiger partial charge in [-0.15, -0.1) is 24.0 Å². The van der Waals surface area contributed by atoms with Gasteiger partial charge in [0, 0.05) is 26.2 Å². The van der Waals surface area contributed by atoms with Gasteiger partial charge >= 0.3 is 0 Å². The topological polar surface area (TPSA) is 55.3 Å². The molecule has 2 atom stereocenters. The number of hydrogen-bond donors (Lipinski definition) is 1. The minimum atomic E-state index is 0. The van der Waals surface area contributed by atoms with Gasteiger partial charge in [0.15, 0.2) is 5.96 Å². The maximum absolute atomic E-state index is 5.97. The molecular formula is C22H36IN3O3. The molecule has 2 unspecified atom stereocenters. The highest BCUT2D eigenvalue weighted by Crippen LogP contribution is 2.21. The van der Waals surface area contributed by atoms with Crippen molar-refractivity contribution in [2.75, 3.05) is 39.5 Å². The first kappa shape index (κ1) is 24.2. The quantitative estimate of drug-likeness (QED) is 0.340. The van der Waals surface area contributed by atoms with E-state index in [0.717, 1.165) is 64.0 Å². The Balaban J connectivity index is 0.00000300. The highest BCUT2D eigenvalue weighted by Gasteiger charge is 2.32. The van der Waals surface area contributed by atoms with E-state index in [-0.39, 0.29) is 36.2 Å². The van der Waals surface area contributed by atoms with Crippen LogP contribution in [-0.2, 0) is 16.0 Å². The van der Waals surface area contributed by atoms with Gasteiger partial charge in [0.1, 0.15) is 11.9 Å². The molecule has 2 fully saturated rings. The molecule has 0 aliphatic carbocycles. The third kappa shape index (κ3) is 7.61. The maximum Gasteiger partial charge on any atom is 0.194 e. The lowest BCUT2D eigenvalue weighted by atomic mass is 10.1. The first-order chi connectivity index (χ1) is 13.7. The van der Waals surface area contributed by atoms with E-state index in [0.29, 0.717) is 12.5 Å². The Hall–Kier alpha value is -1.06. The van der Waals surface area contributed by atoms with Crippen LogP contribution in [-0.4, -0.2) is 62.5 Å². The molecule has 1 N–H and O–H groups in total. The first-order valence-electron chi connectivity index (χ1n) is 10.6. The minimum Gasteiger partial charge on any atom is -0.493 e. The molecule has 164 valence electrons. The molecular weight excluding hydrogens is 481 g/mol. The molecule has 2 heterocycles. The zero-order chi connectivity index (χ0) is 19.8. The Kier molecular flexibility index (Phi) is 10.5. The average Bonchev–Trinajstić information content (AvgIpc) is 3.25. The van der Waals surface area contributed by atoms with Crippen LogP contribution in [0.1, 0.15) is 39.2 Å². The van der Waals surface area contributed by atoms with E-state index >= 15 is 0 Å². The SMILES string of the molecule is CCNC(=NCc1ccc(OCC(C)C)cc1)N1CCOC(C2CCCO2)C1.I. The lowest BCUT2D eigenvalue weighted by Gasteiger charge is -2.37. The third-order valence-electron chi connectivity index (χ3n) is 5.03. The van der Waals surface area contributed by atoms with Crippen LogP contribution in [0.3, 0.4) is 0 Å². The van der Waals surface area contributed by atoms with Crippen molar-refractivity contribution in [2.24, 2.45) is 10.9 Å². The van der Waals surface area contributed by atoms with Crippen molar-refractivity contribution in [3.05, 3.63) is 29.8 Å². The predicted molar refractivity (Wildman–Crippen MR) is 127 cm³/mol. The Labute approximate surface area is 192 Å². The number of ether oxygens (including phenoxy) is 3. The van der Waals surface area contributed by atoms with Crippen LogP contribution in [0.25, 0.3) is 0 Å². The van der Waals surface area contributed by atoms with Crippen LogP contribution in [0.4, 0.5) is 0 Å². The summed E-state index contributed by atoms with van der Waals surface area (Å²) in [5.74, 6) is 2.40. The Morgan fingerprint density at radius 1 is 1.21 bits per heavy atom. The third-order valence-corrected chi connectivity index (χ3v) is 5.03. The van der Waals surface area contributed by atoms with E-state index in [4.69, 9.17) is 19.2 Å². The van der Waals surface area contributed by atoms with Crippen LogP contribution in [0.5, 0.6) is 5.75 Å². The number of hydrogen-bond acceptors (Lipinski definition) is 4. The van der Waals surface area contributed by atoms with Gasteiger partial charge in [-0.2, -0.15) is 0 Å². The van der Waals surface area contributed by atoms with E-state index in [1.165, 1.54) is 5.56 Å². The molecule has 2 aliphatic rings. The van der Waals surface area contributed by atoms with Crippen molar-refractivity contribution >= 4 is 29.9 Å². The number of guanidine groups is 1. The molecule has 3 rings (SSSR count). The lowest BCUT2D eigenvalue weighted by Crippen LogP contribution is -2.53. The standard InChI is InChI=1S/C22H35N3O3.HI/c1-4-23-22(25-11-13-27-21(15-25)20-6-5-12-26-20)24-14-18-7-9-19(10-8-18)28-16-17(2)3;/h7-10,17,20-21H,4-6,11-16H2,1-3H3,(H,23,24);1H. The summed E-state index contributed by atoms with van der Waals surface area (Å²) in [5.41, 5.74) is 1.18. The molecule has 0 aromatic heterocycles. The number of nitrogens with zero attached hydrogens (tertiary/aromatic N) is 2. The van der Waals surface area contributed by atoms with Crippen molar-refractivity contribution in [2.45, 2.75) is 52.4 Å². The van der Waals surface area contributed by atoms with Gasteiger partial charge in [-0.05, 0) is 43.4 Å². The number of aliphatic imine (C=N–C) groups is 1. The van der Waals surface area contributed by atoms with Gasteiger partial charge in [0.25, 0.3) is 0 Å². The molecule has 0 radical (unpaired) electrons. The van der Waals surface area contributed by atoms with Crippen molar-refractivity contribution in [3.63, 3.8) is 0 Å². The van der Waals surface area contributed by atoms with Gasteiger partial charge in [-0.25, -0.2) is 4.99 Å². The molecule has 6 nitrogen and oxygen atoms in total. The second kappa shape index (κ2) is 12.6. The van der Waals surface area contributed by atoms with Crippen LogP contribution < -0.4 is 10.1 Å². The molecule has 1 aromatic carbocycles. The summed E-state index contributed by atoms with van der Waals surface area (Å²) in [7, 11) is 0. The fourth-order valence-electron chi connectivity index (χ4n) is 3.53. The van der Waals surface area contributed by atoms with Gasteiger partial charge in [0.05, 0.1) is 25.9 Å². The van der Waals surface area contributed by atoms with Crippen LogP contribution >= 0.6 is 24.0 Å². The second-order valence-electron chi connectivity index (χ2n) is 7.93. The van der Waals surface area contributed by atoms with Crippen molar-refractivity contribution < 1.29 is 14.2 Å². The van der Waals surface area contributed by atoms with Crippen molar-refractivity contribution in [3.8, 4) is 5.75 Å². The van der Waals surface area contributed by atoms with E-state index in [9.17, 15) is 0 Å². The highest BCUT2D eigenvalue weighted by atomic mass is 127. The normalized spacial score (nSPS) is 22.5.